The van der Waals surface area contributed by atoms with Gasteiger partial charge in [-0.25, -0.2) is 4.98 Å². The zero-order valence-electron chi connectivity index (χ0n) is 9.53. The maximum absolute atomic E-state index is 11.9. The van der Waals surface area contributed by atoms with Crippen molar-refractivity contribution in [1.29, 1.82) is 0 Å². The maximum atomic E-state index is 11.9. The molecule has 0 radical (unpaired) electrons. The van der Waals surface area contributed by atoms with E-state index in [9.17, 15) is 4.79 Å². The number of likely N-dealkylation sites (N-methyl/N-ethyl adjacent to an activating group) is 1. The quantitative estimate of drug-likeness (QED) is 0.660. The van der Waals surface area contributed by atoms with Crippen molar-refractivity contribution in [3.8, 4) is 0 Å². The number of rotatable bonds is 0. The van der Waals surface area contributed by atoms with Crippen LogP contribution in [0.4, 0.5) is 5.95 Å². The van der Waals surface area contributed by atoms with Crippen LogP contribution in [0.1, 0.15) is 11.1 Å². The molecule has 2 aromatic heterocycles. The minimum absolute atomic E-state index is 0.110. The molecule has 1 aliphatic heterocycles. The summed E-state index contributed by atoms with van der Waals surface area (Å²) in [6.07, 6.45) is 2.72. The van der Waals surface area contributed by atoms with E-state index in [4.69, 9.17) is 5.73 Å². The Kier molecular flexibility index (Phi) is 2.12. The van der Waals surface area contributed by atoms with Gasteiger partial charge in [0.05, 0.1) is 5.39 Å². The molecule has 0 spiro atoms. The van der Waals surface area contributed by atoms with E-state index in [1.807, 2.05) is 7.05 Å². The van der Waals surface area contributed by atoms with Crippen molar-refractivity contribution in [2.75, 3.05) is 19.3 Å². The number of anilines is 1. The highest BCUT2D eigenvalue weighted by Gasteiger charge is 2.19. The lowest BCUT2D eigenvalue weighted by molar-refractivity contribution is 0.314. The Hall–Kier alpha value is -1.95. The second kappa shape index (κ2) is 3.53. The van der Waals surface area contributed by atoms with Crippen LogP contribution < -0.4 is 11.3 Å². The van der Waals surface area contributed by atoms with Gasteiger partial charge in [-0.05, 0) is 24.6 Å². The zero-order valence-corrected chi connectivity index (χ0v) is 9.53. The van der Waals surface area contributed by atoms with Gasteiger partial charge in [0.15, 0.2) is 5.65 Å². The average molecular weight is 231 g/mol. The predicted octanol–water partition coefficient (Wildman–Crippen LogP) is -0.112. The van der Waals surface area contributed by atoms with Crippen molar-refractivity contribution in [2.45, 2.75) is 13.0 Å². The number of hydrogen-bond donors (Lipinski definition) is 2. The smallest absolute Gasteiger partial charge is 0.262 e. The first-order valence-electron chi connectivity index (χ1n) is 5.50. The molecule has 0 saturated carbocycles. The molecule has 6 nitrogen and oxygen atoms in total. The molecule has 6 heteroatoms. The first-order valence-corrected chi connectivity index (χ1v) is 5.50. The lowest BCUT2D eigenvalue weighted by Crippen LogP contribution is -2.28. The first kappa shape index (κ1) is 10.2. The van der Waals surface area contributed by atoms with Gasteiger partial charge in [-0.1, -0.05) is 0 Å². The summed E-state index contributed by atoms with van der Waals surface area (Å²) in [5, 5.41) is 0.572. The molecular weight excluding hydrogens is 218 g/mol. The number of hydrogen-bond acceptors (Lipinski definition) is 5. The Morgan fingerprint density at radius 3 is 3.18 bits per heavy atom. The van der Waals surface area contributed by atoms with Crippen LogP contribution in [0.3, 0.4) is 0 Å². The number of aromatic amines is 1. The molecule has 0 aliphatic carbocycles. The van der Waals surface area contributed by atoms with Crippen LogP contribution in [0.5, 0.6) is 0 Å². The molecule has 3 rings (SSSR count). The number of nitrogens with one attached hydrogen (secondary N) is 1. The van der Waals surface area contributed by atoms with Crippen LogP contribution in [0.2, 0.25) is 0 Å². The third kappa shape index (κ3) is 1.57. The molecule has 17 heavy (non-hydrogen) atoms. The van der Waals surface area contributed by atoms with Crippen molar-refractivity contribution in [3.05, 3.63) is 27.7 Å². The van der Waals surface area contributed by atoms with E-state index >= 15 is 0 Å². The van der Waals surface area contributed by atoms with Crippen LogP contribution in [-0.2, 0) is 13.0 Å². The molecule has 0 saturated heterocycles. The molecule has 0 unspecified atom stereocenters. The van der Waals surface area contributed by atoms with Crippen LogP contribution in [0.15, 0.2) is 11.0 Å². The van der Waals surface area contributed by atoms with Gasteiger partial charge in [-0.2, -0.15) is 4.98 Å². The molecule has 0 aromatic carbocycles. The SMILES string of the molecule is CN1CCc2cnc3nc(N)[nH]c(=O)c3c2C1. The highest BCUT2D eigenvalue weighted by Crippen LogP contribution is 2.22. The average Bonchev–Trinajstić information content (AvgIpc) is 2.27. The predicted molar refractivity (Wildman–Crippen MR) is 64.6 cm³/mol. The van der Waals surface area contributed by atoms with E-state index in [-0.39, 0.29) is 11.5 Å². The number of aromatic nitrogens is 3. The van der Waals surface area contributed by atoms with E-state index < -0.39 is 0 Å². The largest absolute Gasteiger partial charge is 0.369 e. The Balaban J connectivity index is 2.37. The molecule has 2 aromatic rings. The second-order valence-corrected chi connectivity index (χ2v) is 4.40. The normalized spacial score (nSPS) is 16.1. The van der Waals surface area contributed by atoms with Crippen LogP contribution in [-0.4, -0.2) is 33.4 Å². The minimum Gasteiger partial charge on any atom is -0.369 e. The van der Waals surface area contributed by atoms with Gasteiger partial charge in [-0.15, -0.1) is 0 Å². The van der Waals surface area contributed by atoms with Crippen LogP contribution >= 0.6 is 0 Å². The van der Waals surface area contributed by atoms with E-state index in [1.54, 1.807) is 6.20 Å². The number of nitrogens with zero attached hydrogens (tertiary/aromatic N) is 3. The molecule has 0 fully saturated rings. The summed E-state index contributed by atoms with van der Waals surface area (Å²) in [6, 6.07) is 0. The highest BCUT2D eigenvalue weighted by atomic mass is 16.1. The number of pyridine rings is 1. The summed E-state index contributed by atoms with van der Waals surface area (Å²) in [6.45, 7) is 1.74. The van der Waals surface area contributed by atoms with Crippen molar-refractivity contribution in [1.82, 2.24) is 19.9 Å². The zero-order chi connectivity index (χ0) is 12.0. The second-order valence-electron chi connectivity index (χ2n) is 4.40. The Morgan fingerprint density at radius 1 is 1.53 bits per heavy atom. The van der Waals surface area contributed by atoms with Gasteiger partial charge < -0.3 is 10.6 Å². The summed E-state index contributed by atoms with van der Waals surface area (Å²) in [5.41, 5.74) is 7.90. The van der Waals surface area contributed by atoms with E-state index in [0.29, 0.717) is 11.0 Å². The van der Waals surface area contributed by atoms with Gasteiger partial charge in [0.25, 0.3) is 5.56 Å². The van der Waals surface area contributed by atoms with Gasteiger partial charge in [0.1, 0.15) is 0 Å². The fraction of sp³-hybridized carbons (Fsp3) is 0.364. The third-order valence-electron chi connectivity index (χ3n) is 3.14. The monoisotopic (exact) mass is 231 g/mol. The molecule has 0 atom stereocenters. The van der Waals surface area contributed by atoms with Gasteiger partial charge in [0, 0.05) is 19.3 Å². The summed E-state index contributed by atoms with van der Waals surface area (Å²) in [5.74, 6) is 0.110. The Labute approximate surface area is 97.5 Å². The lowest BCUT2D eigenvalue weighted by atomic mass is 10.00. The molecule has 0 bridgehead atoms. The van der Waals surface area contributed by atoms with E-state index in [1.165, 1.54) is 0 Å². The molecule has 1 aliphatic rings. The third-order valence-corrected chi connectivity index (χ3v) is 3.14. The molecule has 3 heterocycles. The Bertz CT molecular complexity index is 648. The van der Waals surface area contributed by atoms with Crippen molar-refractivity contribution in [2.24, 2.45) is 0 Å². The number of nitrogen functional groups attached to an aromatic ring is 1. The standard InChI is InChI=1S/C11H13N5O/c1-16-3-2-6-4-13-9-8(7(6)5-16)10(17)15-11(12)14-9/h4H,2-3,5H2,1H3,(H3,12,13,14,15,17). The topological polar surface area (TPSA) is 87.9 Å². The lowest BCUT2D eigenvalue weighted by Gasteiger charge is -2.25. The number of nitrogens with two attached hydrogens (primary N) is 1. The number of fused-ring (bicyclic) bond motifs is 3. The van der Waals surface area contributed by atoms with Crippen LogP contribution in [0.25, 0.3) is 11.0 Å². The summed E-state index contributed by atoms with van der Waals surface area (Å²) in [7, 11) is 2.04. The van der Waals surface area contributed by atoms with Crippen molar-refractivity contribution >= 4 is 17.0 Å². The minimum atomic E-state index is -0.202. The fourth-order valence-corrected chi connectivity index (χ4v) is 2.28. The molecular formula is C11H13N5O. The molecule has 0 amide bonds. The van der Waals surface area contributed by atoms with Gasteiger partial charge >= 0.3 is 0 Å². The summed E-state index contributed by atoms with van der Waals surface area (Å²) >= 11 is 0. The van der Waals surface area contributed by atoms with Gasteiger partial charge in [0.2, 0.25) is 5.95 Å². The molecule has 3 N–H and O–H groups in total. The maximum Gasteiger partial charge on any atom is 0.262 e. The summed E-state index contributed by atoms with van der Waals surface area (Å²) in [4.78, 5) is 24.9. The molecule has 88 valence electrons. The van der Waals surface area contributed by atoms with Crippen LogP contribution in [0, 0.1) is 0 Å². The highest BCUT2D eigenvalue weighted by molar-refractivity contribution is 5.79. The fourth-order valence-electron chi connectivity index (χ4n) is 2.28. The van der Waals surface area contributed by atoms with Crippen molar-refractivity contribution < 1.29 is 0 Å². The van der Waals surface area contributed by atoms with E-state index in [2.05, 4.69) is 19.9 Å². The Morgan fingerprint density at radius 2 is 2.35 bits per heavy atom. The van der Waals surface area contributed by atoms with Gasteiger partial charge in [-0.3, -0.25) is 9.78 Å². The number of H-pyrrole nitrogens is 1. The van der Waals surface area contributed by atoms with E-state index in [0.717, 1.165) is 30.6 Å². The van der Waals surface area contributed by atoms with Crippen molar-refractivity contribution in [3.63, 3.8) is 0 Å². The summed E-state index contributed by atoms with van der Waals surface area (Å²) < 4.78 is 0. The first-order chi connectivity index (χ1) is 8.15.